The van der Waals surface area contributed by atoms with Crippen molar-refractivity contribution in [2.45, 2.75) is 251 Å². The molecule has 0 aromatic heterocycles. The van der Waals surface area contributed by atoms with E-state index >= 15 is 0 Å². The molecule has 0 aliphatic carbocycles. The topological polar surface area (TPSA) is 111 Å². The maximum Gasteiger partial charge on any atom is 0.306 e. The number of phosphoric acid groups is 1. The zero-order chi connectivity index (χ0) is 47.1. The number of quaternary nitrogens is 1. The van der Waals surface area contributed by atoms with E-state index < -0.39 is 26.5 Å². The lowest BCUT2D eigenvalue weighted by molar-refractivity contribution is -0.870. The van der Waals surface area contributed by atoms with E-state index in [4.69, 9.17) is 18.5 Å². The van der Waals surface area contributed by atoms with Crippen molar-refractivity contribution in [2.75, 3.05) is 47.5 Å². The Morgan fingerprint density at radius 2 is 0.844 bits per heavy atom. The molecule has 0 bridgehead atoms. The van der Waals surface area contributed by atoms with E-state index in [2.05, 4.69) is 50.3 Å². The Morgan fingerprint density at radius 3 is 1.25 bits per heavy atom. The van der Waals surface area contributed by atoms with E-state index in [1.54, 1.807) is 0 Å². The van der Waals surface area contributed by atoms with Crippen LogP contribution < -0.4 is 4.89 Å². The standard InChI is InChI=1S/C54H102NO8P/c1-6-8-10-12-14-16-17-18-19-20-21-22-23-24-25-26-27-28-29-30-31-32-33-34-35-36-37-39-41-43-45-47-54(57)63-52(51-62-64(58,59)61-49-48-55(3,4)5)50-60-53(56)46-44-42-40-38-15-13-11-9-7-2/h17-18,20-21,23-24,52H,6-16,19,22,25-51H2,1-5H3/b18-17-,21-20-,24-23-. The van der Waals surface area contributed by atoms with Gasteiger partial charge in [-0.25, -0.2) is 0 Å². The van der Waals surface area contributed by atoms with Gasteiger partial charge in [0.2, 0.25) is 0 Å². The normalized spacial score (nSPS) is 13.7. The van der Waals surface area contributed by atoms with Crippen molar-refractivity contribution >= 4 is 19.8 Å². The van der Waals surface area contributed by atoms with Gasteiger partial charge >= 0.3 is 11.9 Å². The smallest absolute Gasteiger partial charge is 0.306 e. The predicted octanol–water partition coefficient (Wildman–Crippen LogP) is 15.4. The van der Waals surface area contributed by atoms with Gasteiger partial charge in [-0.2, -0.15) is 0 Å². The lowest BCUT2D eigenvalue weighted by atomic mass is 10.0. The fraction of sp³-hybridized carbons (Fsp3) is 0.852. The van der Waals surface area contributed by atoms with E-state index in [0.29, 0.717) is 17.4 Å². The first-order valence-electron chi connectivity index (χ1n) is 26.7. The molecule has 0 fully saturated rings. The van der Waals surface area contributed by atoms with Crippen LogP contribution in [0.3, 0.4) is 0 Å². The van der Waals surface area contributed by atoms with E-state index in [-0.39, 0.29) is 32.0 Å². The molecule has 64 heavy (non-hydrogen) atoms. The van der Waals surface area contributed by atoms with Gasteiger partial charge in [0.05, 0.1) is 27.7 Å². The van der Waals surface area contributed by atoms with Crippen molar-refractivity contribution in [3.63, 3.8) is 0 Å². The monoisotopic (exact) mass is 924 g/mol. The predicted molar refractivity (Wildman–Crippen MR) is 268 cm³/mol. The minimum absolute atomic E-state index is 0.0289. The number of rotatable bonds is 49. The summed E-state index contributed by atoms with van der Waals surface area (Å²) < 4.78 is 33.9. The van der Waals surface area contributed by atoms with Gasteiger partial charge in [0.1, 0.15) is 19.8 Å². The van der Waals surface area contributed by atoms with Crippen molar-refractivity contribution in [3.8, 4) is 0 Å². The second kappa shape index (κ2) is 46.3. The van der Waals surface area contributed by atoms with Crippen LogP contribution in [0.5, 0.6) is 0 Å². The molecule has 0 N–H and O–H groups in total. The number of allylic oxidation sites excluding steroid dienone is 6. The Bertz CT molecular complexity index is 1180. The van der Waals surface area contributed by atoms with Crippen molar-refractivity contribution in [2.24, 2.45) is 0 Å². The van der Waals surface area contributed by atoms with Gasteiger partial charge in [0, 0.05) is 12.8 Å². The molecule has 2 unspecified atom stereocenters. The number of unbranched alkanes of at least 4 members (excludes halogenated alkanes) is 29. The summed E-state index contributed by atoms with van der Waals surface area (Å²) in [6.45, 7) is 4.22. The minimum atomic E-state index is -4.62. The summed E-state index contributed by atoms with van der Waals surface area (Å²) in [4.78, 5) is 37.6. The van der Waals surface area contributed by atoms with Gasteiger partial charge in [-0.3, -0.25) is 14.2 Å². The van der Waals surface area contributed by atoms with Gasteiger partial charge in [0.15, 0.2) is 6.10 Å². The van der Waals surface area contributed by atoms with Crippen molar-refractivity contribution in [1.82, 2.24) is 0 Å². The van der Waals surface area contributed by atoms with Crippen LogP contribution in [0, 0.1) is 0 Å². The number of phosphoric ester groups is 1. The number of likely N-dealkylation sites (N-methyl/N-ethyl adjacent to an activating group) is 1. The molecule has 0 aromatic carbocycles. The lowest BCUT2D eigenvalue weighted by Crippen LogP contribution is -2.37. The maximum atomic E-state index is 12.7. The molecular weight excluding hydrogens is 822 g/mol. The van der Waals surface area contributed by atoms with Gasteiger partial charge in [0.25, 0.3) is 7.82 Å². The highest BCUT2D eigenvalue weighted by molar-refractivity contribution is 7.45. The Kier molecular flexibility index (Phi) is 45.1. The molecule has 9 nitrogen and oxygen atoms in total. The molecular formula is C54H102NO8P. The summed E-state index contributed by atoms with van der Waals surface area (Å²) in [7, 11) is 1.17. The average Bonchev–Trinajstić information content (AvgIpc) is 3.25. The summed E-state index contributed by atoms with van der Waals surface area (Å²) in [5.74, 6) is -0.829. The van der Waals surface area contributed by atoms with Crippen LogP contribution in [-0.2, 0) is 32.7 Å². The zero-order valence-corrected chi connectivity index (χ0v) is 43.4. The molecule has 0 radical (unpaired) electrons. The highest BCUT2D eigenvalue weighted by atomic mass is 31.2. The first kappa shape index (κ1) is 62.2. The number of carbonyl (C=O) groups excluding carboxylic acids is 2. The lowest BCUT2D eigenvalue weighted by Gasteiger charge is -2.28. The van der Waals surface area contributed by atoms with E-state index in [0.717, 1.165) is 51.4 Å². The van der Waals surface area contributed by atoms with Gasteiger partial charge in [-0.15, -0.1) is 0 Å². The van der Waals surface area contributed by atoms with Gasteiger partial charge < -0.3 is 27.9 Å². The molecule has 0 aromatic rings. The molecule has 10 heteroatoms. The molecule has 0 aliphatic heterocycles. The van der Waals surface area contributed by atoms with Crippen LogP contribution >= 0.6 is 7.82 Å². The highest BCUT2D eigenvalue weighted by Crippen LogP contribution is 2.38. The average molecular weight is 924 g/mol. The summed E-state index contributed by atoms with van der Waals surface area (Å²) in [6.07, 6.45) is 54.9. The van der Waals surface area contributed by atoms with E-state index in [9.17, 15) is 19.0 Å². The van der Waals surface area contributed by atoms with E-state index in [1.807, 2.05) is 21.1 Å². The molecule has 0 saturated carbocycles. The van der Waals surface area contributed by atoms with Crippen LogP contribution in [0.1, 0.15) is 245 Å². The van der Waals surface area contributed by atoms with Crippen molar-refractivity contribution in [3.05, 3.63) is 36.5 Å². The number of nitrogens with zero attached hydrogens (tertiary/aromatic N) is 1. The van der Waals surface area contributed by atoms with Gasteiger partial charge in [-0.05, 0) is 51.4 Å². The van der Waals surface area contributed by atoms with Crippen LogP contribution in [0.15, 0.2) is 36.5 Å². The van der Waals surface area contributed by atoms with Crippen LogP contribution in [0.25, 0.3) is 0 Å². The summed E-state index contributed by atoms with van der Waals surface area (Å²) in [5, 5.41) is 0. The summed E-state index contributed by atoms with van der Waals surface area (Å²) in [5.41, 5.74) is 0. The second-order valence-corrected chi connectivity index (χ2v) is 20.7. The molecule has 0 rings (SSSR count). The molecule has 0 amide bonds. The second-order valence-electron chi connectivity index (χ2n) is 19.2. The van der Waals surface area contributed by atoms with Crippen LogP contribution in [0.2, 0.25) is 0 Å². The number of esters is 2. The summed E-state index contributed by atoms with van der Waals surface area (Å²) in [6, 6.07) is 0. The molecule has 2 atom stereocenters. The Labute approximate surface area is 395 Å². The maximum absolute atomic E-state index is 12.7. The van der Waals surface area contributed by atoms with Crippen LogP contribution in [-0.4, -0.2) is 70.0 Å². The Morgan fingerprint density at radius 1 is 0.484 bits per heavy atom. The molecule has 0 heterocycles. The Hall–Kier alpha value is -1.77. The van der Waals surface area contributed by atoms with Gasteiger partial charge in [-0.1, -0.05) is 217 Å². The van der Waals surface area contributed by atoms with Crippen molar-refractivity contribution < 1.29 is 42.1 Å². The number of ether oxygens (including phenoxy) is 2. The molecule has 0 saturated heterocycles. The Balaban J connectivity index is 4.00. The fourth-order valence-electron chi connectivity index (χ4n) is 7.49. The fourth-order valence-corrected chi connectivity index (χ4v) is 8.22. The third kappa shape index (κ3) is 49.7. The third-order valence-electron chi connectivity index (χ3n) is 11.7. The first-order chi connectivity index (χ1) is 31.0. The van der Waals surface area contributed by atoms with E-state index in [1.165, 1.54) is 161 Å². The zero-order valence-electron chi connectivity index (χ0n) is 42.5. The number of hydrogen-bond donors (Lipinski definition) is 0. The molecule has 0 spiro atoms. The van der Waals surface area contributed by atoms with Crippen molar-refractivity contribution in [1.29, 1.82) is 0 Å². The SMILES string of the molecule is CCCCCCC/C=C\C/C=C\C/C=C\CCCCCCCCCCCCCCCCCCC(=O)OC(COC(=O)CCCCCCCCCCC)COP(=O)([O-])OCC[N+](C)(C)C. The number of carbonyl (C=O) groups is 2. The highest BCUT2D eigenvalue weighted by Gasteiger charge is 2.21. The quantitative estimate of drug-likeness (QED) is 0.0195. The molecule has 376 valence electrons. The molecule has 0 aliphatic rings. The summed E-state index contributed by atoms with van der Waals surface area (Å²) >= 11 is 0. The van der Waals surface area contributed by atoms with Crippen LogP contribution in [0.4, 0.5) is 0 Å². The minimum Gasteiger partial charge on any atom is -0.756 e. The number of hydrogen-bond acceptors (Lipinski definition) is 8. The first-order valence-corrected chi connectivity index (χ1v) is 28.2. The third-order valence-corrected chi connectivity index (χ3v) is 12.6. The largest absolute Gasteiger partial charge is 0.756 e.